The number of aryl methyl sites for hydroxylation is 1. The summed E-state index contributed by atoms with van der Waals surface area (Å²) in [5, 5.41) is 13.8. The van der Waals surface area contributed by atoms with Gasteiger partial charge in [-0.25, -0.2) is 0 Å². The molecule has 0 radical (unpaired) electrons. The smallest absolute Gasteiger partial charge is 0.549 e. The van der Waals surface area contributed by atoms with E-state index in [1.54, 1.807) is 32.2 Å². The zero-order valence-corrected chi connectivity index (χ0v) is 26.5. The number of alkyl halides is 3. The Morgan fingerprint density at radius 1 is 0.907 bits per heavy atom. The summed E-state index contributed by atoms with van der Waals surface area (Å²) in [6, 6.07) is 25.6. The zero-order valence-electron chi connectivity index (χ0n) is 24.5. The number of carboxylic acids is 1. The quantitative estimate of drug-likeness (QED) is 0.241. The van der Waals surface area contributed by atoms with Gasteiger partial charge in [-0.15, -0.1) is 0 Å². The SMILES string of the molecule is Cc1ccc2ccccc2c1CN(Cc1ccc(-c2cc(C(C)(C)C(=O)[O-])ccn2)cc1)Cc1ccc(C(F)(F)F)o1.[Na+]. The minimum Gasteiger partial charge on any atom is -0.549 e. The number of rotatable bonds is 9. The van der Waals surface area contributed by atoms with Gasteiger partial charge in [-0.05, 0) is 64.2 Å². The number of furan rings is 1. The summed E-state index contributed by atoms with van der Waals surface area (Å²) in [7, 11) is 0. The normalized spacial score (nSPS) is 12.0. The monoisotopic (exact) mass is 594 g/mol. The van der Waals surface area contributed by atoms with Gasteiger partial charge in [-0.1, -0.05) is 74.5 Å². The molecular weight excluding hydrogens is 564 g/mol. The van der Waals surface area contributed by atoms with E-state index in [9.17, 15) is 23.1 Å². The summed E-state index contributed by atoms with van der Waals surface area (Å²) in [4.78, 5) is 18.1. The number of aromatic nitrogens is 1. The van der Waals surface area contributed by atoms with Crippen LogP contribution in [0.2, 0.25) is 0 Å². The fourth-order valence-electron chi connectivity index (χ4n) is 5.02. The van der Waals surface area contributed by atoms with Gasteiger partial charge in [0.05, 0.1) is 18.2 Å². The third-order valence-electron chi connectivity index (χ3n) is 7.62. The second-order valence-electron chi connectivity index (χ2n) is 11.0. The Bertz CT molecular complexity index is 1730. The van der Waals surface area contributed by atoms with Crippen LogP contribution >= 0.6 is 0 Å². The maximum Gasteiger partial charge on any atom is 1.00 e. The number of carbonyl (C=O) groups is 1. The molecule has 2 heterocycles. The van der Waals surface area contributed by atoms with Gasteiger partial charge < -0.3 is 14.3 Å². The molecule has 0 bridgehead atoms. The molecule has 0 aliphatic rings. The molecule has 0 aliphatic heterocycles. The van der Waals surface area contributed by atoms with Gasteiger partial charge >= 0.3 is 35.7 Å². The average Bonchev–Trinajstić information content (AvgIpc) is 3.44. The average molecular weight is 595 g/mol. The van der Waals surface area contributed by atoms with Gasteiger partial charge in [0.15, 0.2) is 0 Å². The van der Waals surface area contributed by atoms with Crippen molar-refractivity contribution >= 4 is 16.7 Å². The second-order valence-corrected chi connectivity index (χ2v) is 11.0. The van der Waals surface area contributed by atoms with Crippen LogP contribution in [0, 0.1) is 6.92 Å². The number of carboxylic acid groups (broad SMARTS) is 1. The number of nitrogens with zero attached hydrogens (tertiary/aromatic N) is 2. The fraction of sp³-hybridized carbons (Fsp3) is 0.235. The van der Waals surface area contributed by atoms with Crippen molar-refractivity contribution in [2.45, 2.75) is 52.0 Å². The van der Waals surface area contributed by atoms with E-state index in [0.717, 1.165) is 39.1 Å². The minimum atomic E-state index is -4.55. The molecule has 0 spiro atoms. The van der Waals surface area contributed by atoms with Crippen LogP contribution in [-0.4, -0.2) is 15.9 Å². The van der Waals surface area contributed by atoms with Crippen LogP contribution in [0.15, 0.2) is 95.5 Å². The number of hydrogen-bond acceptors (Lipinski definition) is 5. The van der Waals surface area contributed by atoms with E-state index in [4.69, 9.17) is 4.42 Å². The van der Waals surface area contributed by atoms with Crippen molar-refractivity contribution in [3.63, 3.8) is 0 Å². The standard InChI is InChI=1S/C34H31F3N2O3.Na/c1-22-8-11-24-6-4-5-7-28(24)29(22)21-39(20-27-14-15-31(42-27)34(35,36)37)19-23-9-12-25(13-10-23)30-18-26(16-17-38-30)33(2,3)32(40)41;/h4-18H,19-21H2,1-3H3,(H,40,41);/q;+1/p-1. The van der Waals surface area contributed by atoms with E-state index in [1.165, 1.54) is 6.07 Å². The third kappa shape index (κ3) is 7.39. The summed E-state index contributed by atoms with van der Waals surface area (Å²) in [5.41, 5.74) is 4.00. The Hall–Kier alpha value is -3.43. The molecule has 43 heavy (non-hydrogen) atoms. The van der Waals surface area contributed by atoms with Crippen molar-refractivity contribution in [2.75, 3.05) is 0 Å². The first kappa shape index (κ1) is 32.5. The molecule has 0 saturated carbocycles. The number of fused-ring (bicyclic) bond motifs is 1. The van der Waals surface area contributed by atoms with Crippen LogP contribution < -0.4 is 34.7 Å². The van der Waals surface area contributed by atoms with Crippen molar-refractivity contribution in [1.82, 2.24) is 9.88 Å². The molecule has 0 aliphatic carbocycles. The number of halogens is 3. The van der Waals surface area contributed by atoms with E-state index in [2.05, 4.69) is 28.1 Å². The van der Waals surface area contributed by atoms with Crippen molar-refractivity contribution in [1.29, 1.82) is 0 Å². The van der Waals surface area contributed by atoms with Crippen LogP contribution in [0.1, 0.15) is 47.6 Å². The third-order valence-corrected chi connectivity index (χ3v) is 7.62. The summed E-state index contributed by atoms with van der Waals surface area (Å²) in [6.07, 6.45) is -2.97. The van der Waals surface area contributed by atoms with Gasteiger partial charge in [0.25, 0.3) is 0 Å². The molecule has 3 aromatic carbocycles. The summed E-state index contributed by atoms with van der Waals surface area (Å²) in [5.74, 6) is -1.96. The van der Waals surface area contributed by atoms with Gasteiger partial charge in [0, 0.05) is 30.3 Å². The molecule has 5 nitrogen and oxygen atoms in total. The first-order valence-electron chi connectivity index (χ1n) is 13.5. The van der Waals surface area contributed by atoms with Gasteiger partial charge in [-0.3, -0.25) is 9.88 Å². The Labute approximate surface area is 270 Å². The Morgan fingerprint density at radius 3 is 2.30 bits per heavy atom. The van der Waals surface area contributed by atoms with Crippen LogP contribution in [0.4, 0.5) is 13.2 Å². The largest absolute Gasteiger partial charge is 1.00 e. The first-order valence-corrected chi connectivity index (χ1v) is 13.5. The van der Waals surface area contributed by atoms with E-state index >= 15 is 0 Å². The van der Waals surface area contributed by atoms with Crippen LogP contribution in [0.25, 0.3) is 22.0 Å². The molecule has 5 rings (SSSR count). The van der Waals surface area contributed by atoms with Crippen LogP contribution in [0.3, 0.4) is 0 Å². The number of carbonyl (C=O) groups excluding carboxylic acids is 1. The molecule has 9 heteroatoms. The predicted octanol–water partition coefficient (Wildman–Crippen LogP) is 4.06. The molecule has 5 aromatic rings. The number of pyridine rings is 1. The molecule has 0 amide bonds. The Kier molecular flexibility index (Phi) is 9.86. The molecule has 0 fully saturated rings. The Balaban J connectivity index is 0.00000423. The maximum atomic E-state index is 13.2. The van der Waals surface area contributed by atoms with E-state index in [1.807, 2.05) is 49.4 Å². The molecular formula is C34H30F3N2NaO3. The van der Waals surface area contributed by atoms with Crippen molar-refractivity contribution < 1.29 is 57.0 Å². The Morgan fingerprint density at radius 2 is 1.63 bits per heavy atom. The van der Waals surface area contributed by atoms with Gasteiger partial charge in [0.2, 0.25) is 5.76 Å². The second kappa shape index (κ2) is 13.1. The van der Waals surface area contributed by atoms with E-state index < -0.39 is 23.3 Å². The fourth-order valence-corrected chi connectivity index (χ4v) is 5.02. The molecule has 0 N–H and O–H groups in total. The van der Waals surface area contributed by atoms with Crippen molar-refractivity contribution in [3.8, 4) is 11.3 Å². The number of benzene rings is 3. The minimum absolute atomic E-state index is 0. The zero-order chi connectivity index (χ0) is 30.1. The van der Waals surface area contributed by atoms with Gasteiger partial charge in [0.1, 0.15) is 5.76 Å². The van der Waals surface area contributed by atoms with Crippen LogP contribution in [-0.2, 0) is 36.0 Å². The van der Waals surface area contributed by atoms with E-state index in [-0.39, 0.29) is 41.9 Å². The predicted molar refractivity (Wildman–Crippen MR) is 153 cm³/mol. The molecule has 0 unspecified atom stereocenters. The molecule has 0 atom stereocenters. The van der Waals surface area contributed by atoms with Crippen molar-refractivity contribution in [2.24, 2.45) is 0 Å². The topological polar surface area (TPSA) is 69.4 Å². The van der Waals surface area contributed by atoms with Gasteiger partial charge in [-0.2, -0.15) is 13.2 Å². The first-order chi connectivity index (χ1) is 19.9. The van der Waals surface area contributed by atoms with Crippen LogP contribution in [0.5, 0.6) is 0 Å². The number of aliphatic carboxylic acids is 1. The molecule has 216 valence electrons. The van der Waals surface area contributed by atoms with Crippen molar-refractivity contribution in [3.05, 3.63) is 125 Å². The number of hydrogen-bond donors (Lipinski definition) is 0. The molecule has 2 aromatic heterocycles. The summed E-state index contributed by atoms with van der Waals surface area (Å²) in [6.45, 7) is 6.35. The summed E-state index contributed by atoms with van der Waals surface area (Å²) >= 11 is 0. The maximum absolute atomic E-state index is 13.2. The van der Waals surface area contributed by atoms with E-state index in [0.29, 0.717) is 24.3 Å². The summed E-state index contributed by atoms with van der Waals surface area (Å²) < 4.78 is 44.9. The molecule has 0 saturated heterocycles.